The smallest absolute Gasteiger partial charge is 0.335 e. The molecule has 2 aromatic carbocycles. The third-order valence-corrected chi connectivity index (χ3v) is 4.58. The molecule has 2 N–H and O–H groups in total. The predicted octanol–water partition coefficient (Wildman–Crippen LogP) is 2.71. The Kier molecular flexibility index (Phi) is 5.06. The lowest BCUT2D eigenvalue weighted by molar-refractivity contribution is 0.00319. The maximum atomic E-state index is 11.1. The molecular weight excluding hydrogens is 318 g/mol. The number of β-amino-alcohol motifs (C(OH)–C–C–N with tert-alkyl or cyclic N) is 1. The molecule has 0 bridgehead atoms. The summed E-state index contributed by atoms with van der Waals surface area (Å²) in [5.41, 5.74) is 1.39. The summed E-state index contributed by atoms with van der Waals surface area (Å²) in [6.07, 6.45) is 0.636. The number of aliphatic hydroxyl groups is 1. The van der Waals surface area contributed by atoms with Crippen LogP contribution >= 0.6 is 0 Å². The first kappa shape index (κ1) is 17.5. The van der Waals surface area contributed by atoms with Crippen LogP contribution in [0, 0.1) is 6.92 Å². The number of carbonyl (C=O) groups is 1. The number of carboxylic acid groups (broad SMARTS) is 1. The molecule has 1 heterocycles. The fraction of sp³-hybridized carbons (Fsp3) is 0.350. The molecule has 2 aromatic rings. The van der Waals surface area contributed by atoms with Crippen LogP contribution in [0.15, 0.2) is 48.5 Å². The van der Waals surface area contributed by atoms with E-state index in [1.165, 1.54) is 0 Å². The molecule has 1 aliphatic heterocycles. The van der Waals surface area contributed by atoms with Crippen molar-refractivity contribution in [2.24, 2.45) is 0 Å². The second-order valence-corrected chi connectivity index (χ2v) is 6.74. The van der Waals surface area contributed by atoms with Gasteiger partial charge < -0.3 is 14.9 Å². The van der Waals surface area contributed by atoms with Crippen LogP contribution in [-0.4, -0.2) is 46.4 Å². The zero-order chi connectivity index (χ0) is 17.9. The van der Waals surface area contributed by atoms with Gasteiger partial charge in [-0.1, -0.05) is 30.3 Å². The lowest BCUT2D eigenvalue weighted by Crippen LogP contribution is -2.39. The van der Waals surface area contributed by atoms with Crippen molar-refractivity contribution in [1.82, 2.24) is 4.90 Å². The number of aryl methyl sites for hydroxylation is 1. The summed E-state index contributed by atoms with van der Waals surface area (Å²) in [5.74, 6) is -0.130. The van der Waals surface area contributed by atoms with Crippen molar-refractivity contribution in [2.45, 2.75) is 25.5 Å². The number of carboxylic acids is 1. The first-order valence-electron chi connectivity index (χ1n) is 8.41. The van der Waals surface area contributed by atoms with Crippen LogP contribution in [0.4, 0.5) is 0 Å². The number of likely N-dealkylation sites (tertiary alicyclic amines) is 1. The molecule has 25 heavy (non-hydrogen) atoms. The van der Waals surface area contributed by atoms with Crippen molar-refractivity contribution in [2.75, 3.05) is 19.7 Å². The highest BCUT2D eigenvalue weighted by atomic mass is 16.5. The molecule has 0 saturated carbocycles. The molecule has 5 heteroatoms. The number of benzene rings is 2. The van der Waals surface area contributed by atoms with E-state index in [9.17, 15) is 9.90 Å². The van der Waals surface area contributed by atoms with Crippen LogP contribution < -0.4 is 4.74 Å². The van der Waals surface area contributed by atoms with Crippen molar-refractivity contribution >= 4 is 5.97 Å². The zero-order valence-electron chi connectivity index (χ0n) is 14.3. The normalized spacial score (nSPS) is 20.6. The van der Waals surface area contributed by atoms with Crippen LogP contribution in [0.25, 0.3) is 0 Å². The molecule has 132 valence electrons. The Morgan fingerprint density at radius 1 is 1.24 bits per heavy atom. The minimum Gasteiger partial charge on any atom is -0.490 e. The molecule has 1 fully saturated rings. The Labute approximate surface area is 147 Å². The molecule has 0 spiro atoms. The Hall–Kier alpha value is -2.37. The van der Waals surface area contributed by atoms with Gasteiger partial charge in [-0.05, 0) is 42.7 Å². The van der Waals surface area contributed by atoms with E-state index in [2.05, 4.69) is 4.90 Å². The topological polar surface area (TPSA) is 70.0 Å². The van der Waals surface area contributed by atoms with Crippen molar-refractivity contribution < 1.29 is 19.7 Å². The van der Waals surface area contributed by atoms with Gasteiger partial charge in [-0.3, -0.25) is 4.90 Å². The predicted molar refractivity (Wildman–Crippen MR) is 94.9 cm³/mol. The molecule has 1 saturated heterocycles. The van der Waals surface area contributed by atoms with Gasteiger partial charge in [0.1, 0.15) is 18.0 Å². The highest BCUT2D eigenvalue weighted by Crippen LogP contribution is 2.25. The van der Waals surface area contributed by atoms with Gasteiger partial charge in [0.15, 0.2) is 0 Å². The quantitative estimate of drug-likeness (QED) is 0.845. The lowest BCUT2D eigenvalue weighted by atomic mass is 10.1. The first-order chi connectivity index (χ1) is 12.0. The van der Waals surface area contributed by atoms with Crippen LogP contribution in [0.3, 0.4) is 0 Å². The average Bonchev–Trinajstić information content (AvgIpc) is 2.95. The van der Waals surface area contributed by atoms with E-state index in [4.69, 9.17) is 9.84 Å². The lowest BCUT2D eigenvalue weighted by Gasteiger charge is -2.24. The van der Waals surface area contributed by atoms with Gasteiger partial charge in [-0.25, -0.2) is 4.79 Å². The van der Waals surface area contributed by atoms with E-state index >= 15 is 0 Å². The molecule has 0 unspecified atom stereocenters. The number of hydrogen-bond donors (Lipinski definition) is 2. The number of rotatable bonds is 6. The maximum Gasteiger partial charge on any atom is 0.335 e. The Morgan fingerprint density at radius 3 is 2.80 bits per heavy atom. The minimum atomic E-state index is -0.925. The van der Waals surface area contributed by atoms with Gasteiger partial charge in [0.05, 0.1) is 5.56 Å². The van der Waals surface area contributed by atoms with E-state index in [0.717, 1.165) is 23.4 Å². The van der Waals surface area contributed by atoms with Crippen LogP contribution in [0.2, 0.25) is 0 Å². The Bertz CT molecular complexity index is 761. The van der Waals surface area contributed by atoms with Crippen LogP contribution in [0.1, 0.15) is 27.9 Å². The highest BCUT2D eigenvalue weighted by molar-refractivity contribution is 5.87. The standard InChI is InChI=1S/C20H23NO4/c1-15-5-2-3-8-18(15)25-14-20(24)9-10-21(13-20)12-16-6-4-7-17(11-16)19(22)23/h2-8,11,24H,9-10,12-14H2,1H3,(H,22,23)/t20-/m1/s1. The third kappa shape index (κ3) is 4.38. The molecule has 0 aromatic heterocycles. The van der Waals surface area contributed by atoms with Gasteiger partial charge in [-0.2, -0.15) is 0 Å². The molecule has 1 atom stereocenters. The van der Waals surface area contributed by atoms with Gasteiger partial charge in [0.2, 0.25) is 0 Å². The van der Waals surface area contributed by atoms with E-state index in [0.29, 0.717) is 19.5 Å². The van der Waals surface area contributed by atoms with Crippen molar-refractivity contribution in [3.63, 3.8) is 0 Å². The van der Waals surface area contributed by atoms with Gasteiger partial charge >= 0.3 is 5.97 Å². The van der Waals surface area contributed by atoms with E-state index in [1.807, 2.05) is 37.3 Å². The molecular formula is C20H23NO4. The number of hydrogen-bond acceptors (Lipinski definition) is 4. The first-order valence-corrected chi connectivity index (χ1v) is 8.41. The van der Waals surface area contributed by atoms with Gasteiger partial charge in [-0.15, -0.1) is 0 Å². The summed E-state index contributed by atoms with van der Waals surface area (Å²) in [6, 6.07) is 14.7. The molecule has 0 radical (unpaired) electrons. The minimum absolute atomic E-state index is 0.253. The highest BCUT2D eigenvalue weighted by Gasteiger charge is 2.36. The molecule has 5 nitrogen and oxygen atoms in total. The number of aromatic carboxylic acids is 1. The summed E-state index contributed by atoms with van der Waals surface area (Å²) in [4.78, 5) is 13.2. The fourth-order valence-electron chi connectivity index (χ4n) is 3.18. The summed E-state index contributed by atoms with van der Waals surface area (Å²) < 4.78 is 5.82. The number of para-hydroxylation sites is 1. The summed E-state index contributed by atoms with van der Waals surface area (Å²) in [5, 5.41) is 19.9. The van der Waals surface area contributed by atoms with E-state index < -0.39 is 11.6 Å². The second-order valence-electron chi connectivity index (χ2n) is 6.74. The van der Waals surface area contributed by atoms with Crippen LogP contribution in [0.5, 0.6) is 5.75 Å². The largest absolute Gasteiger partial charge is 0.490 e. The van der Waals surface area contributed by atoms with Crippen molar-refractivity contribution in [3.8, 4) is 5.75 Å². The summed E-state index contributed by atoms with van der Waals surface area (Å²) >= 11 is 0. The van der Waals surface area contributed by atoms with E-state index in [1.54, 1.807) is 18.2 Å². The fourth-order valence-corrected chi connectivity index (χ4v) is 3.18. The molecule has 1 aliphatic rings. The number of ether oxygens (including phenoxy) is 1. The van der Waals surface area contributed by atoms with Gasteiger partial charge in [0.25, 0.3) is 0 Å². The third-order valence-electron chi connectivity index (χ3n) is 4.58. The SMILES string of the molecule is Cc1ccccc1OC[C@@]1(O)CCN(Cc2cccc(C(=O)O)c2)C1. The maximum absolute atomic E-state index is 11.1. The summed E-state index contributed by atoms with van der Waals surface area (Å²) in [6.45, 7) is 4.12. The van der Waals surface area contributed by atoms with Crippen molar-refractivity contribution in [1.29, 1.82) is 0 Å². The molecule has 0 aliphatic carbocycles. The van der Waals surface area contributed by atoms with E-state index in [-0.39, 0.29) is 12.2 Å². The average molecular weight is 341 g/mol. The second kappa shape index (κ2) is 7.25. The van der Waals surface area contributed by atoms with Crippen LogP contribution in [-0.2, 0) is 6.54 Å². The molecule has 0 amide bonds. The number of nitrogens with zero attached hydrogens (tertiary/aromatic N) is 1. The summed E-state index contributed by atoms with van der Waals surface area (Å²) in [7, 11) is 0. The zero-order valence-corrected chi connectivity index (χ0v) is 14.3. The monoisotopic (exact) mass is 341 g/mol. The Morgan fingerprint density at radius 2 is 2.04 bits per heavy atom. The molecule has 3 rings (SSSR count). The Balaban J connectivity index is 1.58. The van der Waals surface area contributed by atoms with Gasteiger partial charge in [0, 0.05) is 19.6 Å². The van der Waals surface area contributed by atoms with Crippen molar-refractivity contribution in [3.05, 3.63) is 65.2 Å².